The molecule has 1 aromatic rings. The van der Waals surface area contributed by atoms with Crippen LogP contribution < -0.4 is 15.5 Å². The van der Waals surface area contributed by atoms with E-state index in [0.717, 1.165) is 50.6 Å². The SMILES string of the molecule is Cc1cc(N2CCCC(C)C2)nc(NC(=S)NCC2CCCO2)n1. The van der Waals surface area contributed by atoms with Crippen LogP contribution >= 0.6 is 12.2 Å². The Morgan fingerprint density at radius 3 is 3.00 bits per heavy atom. The lowest BCUT2D eigenvalue weighted by atomic mass is 10.0. The van der Waals surface area contributed by atoms with Gasteiger partial charge in [-0.15, -0.1) is 0 Å². The molecule has 0 saturated carbocycles. The maximum atomic E-state index is 5.59. The van der Waals surface area contributed by atoms with Gasteiger partial charge in [0.1, 0.15) is 5.82 Å². The van der Waals surface area contributed by atoms with Crippen molar-refractivity contribution >= 4 is 29.1 Å². The van der Waals surface area contributed by atoms with E-state index in [-0.39, 0.29) is 6.10 Å². The van der Waals surface area contributed by atoms with Crippen molar-refractivity contribution in [2.75, 3.05) is 36.5 Å². The highest BCUT2D eigenvalue weighted by molar-refractivity contribution is 7.80. The van der Waals surface area contributed by atoms with E-state index in [4.69, 9.17) is 17.0 Å². The average molecular weight is 350 g/mol. The Hall–Kier alpha value is -1.47. The van der Waals surface area contributed by atoms with Crippen LogP contribution in [0.2, 0.25) is 0 Å². The van der Waals surface area contributed by atoms with Gasteiger partial charge in [-0.25, -0.2) is 4.98 Å². The number of aromatic nitrogens is 2. The molecule has 2 aliphatic rings. The summed E-state index contributed by atoms with van der Waals surface area (Å²) in [7, 11) is 0. The number of hydrogen-bond donors (Lipinski definition) is 2. The van der Waals surface area contributed by atoms with Crippen LogP contribution in [-0.4, -0.2) is 47.4 Å². The molecule has 24 heavy (non-hydrogen) atoms. The second-order valence-electron chi connectivity index (χ2n) is 6.85. The van der Waals surface area contributed by atoms with Gasteiger partial charge in [0.25, 0.3) is 0 Å². The van der Waals surface area contributed by atoms with Crippen molar-refractivity contribution in [2.24, 2.45) is 5.92 Å². The van der Waals surface area contributed by atoms with Gasteiger partial charge in [-0.1, -0.05) is 6.92 Å². The number of aryl methyl sites for hydroxylation is 1. The summed E-state index contributed by atoms with van der Waals surface area (Å²) < 4.78 is 5.59. The molecule has 2 N–H and O–H groups in total. The summed E-state index contributed by atoms with van der Waals surface area (Å²) >= 11 is 5.36. The second kappa shape index (κ2) is 8.07. The summed E-state index contributed by atoms with van der Waals surface area (Å²) in [5.74, 6) is 2.26. The molecule has 2 saturated heterocycles. The zero-order valence-corrected chi connectivity index (χ0v) is 15.4. The van der Waals surface area contributed by atoms with Crippen LogP contribution in [0.5, 0.6) is 0 Å². The van der Waals surface area contributed by atoms with Gasteiger partial charge in [0.2, 0.25) is 5.95 Å². The van der Waals surface area contributed by atoms with Crippen LogP contribution in [0, 0.1) is 12.8 Å². The molecule has 0 amide bonds. The molecular formula is C17H27N5OS. The highest BCUT2D eigenvalue weighted by Gasteiger charge is 2.19. The van der Waals surface area contributed by atoms with Gasteiger partial charge >= 0.3 is 0 Å². The molecule has 0 radical (unpaired) electrons. The number of ether oxygens (including phenoxy) is 1. The minimum Gasteiger partial charge on any atom is -0.376 e. The van der Waals surface area contributed by atoms with Crippen molar-refractivity contribution in [2.45, 2.75) is 45.6 Å². The molecule has 0 bridgehead atoms. The van der Waals surface area contributed by atoms with Gasteiger partial charge in [-0.05, 0) is 50.7 Å². The number of rotatable bonds is 4. The Labute approximate surface area is 149 Å². The fourth-order valence-electron chi connectivity index (χ4n) is 3.32. The monoisotopic (exact) mass is 349 g/mol. The molecular weight excluding hydrogens is 322 g/mol. The topological polar surface area (TPSA) is 62.3 Å². The van der Waals surface area contributed by atoms with Crippen LogP contribution in [0.15, 0.2) is 6.07 Å². The van der Waals surface area contributed by atoms with E-state index in [1.165, 1.54) is 12.8 Å². The van der Waals surface area contributed by atoms with Crippen molar-refractivity contribution < 1.29 is 4.74 Å². The number of piperidine rings is 1. The predicted molar refractivity (Wildman–Crippen MR) is 101 cm³/mol. The van der Waals surface area contributed by atoms with Gasteiger partial charge in [-0.2, -0.15) is 4.98 Å². The fourth-order valence-corrected chi connectivity index (χ4v) is 3.50. The van der Waals surface area contributed by atoms with Crippen LogP contribution in [0.1, 0.15) is 38.3 Å². The number of hydrogen-bond acceptors (Lipinski definition) is 5. The molecule has 2 fully saturated rings. The molecule has 132 valence electrons. The Bertz CT molecular complexity index is 576. The Morgan fingerprint density at radius 1 is 1.38 bits per heavy atom. The van der Waals surface area contributed by atoms with Crippen LogP contribution in [0.3, 0.4) is 0 Å². The summed E-state index contributed by atoms with van der Waals surface area (Å²) in [6, 6.07) is 2.05. The van der Waals surface area contributed by atoms with E-state index in [1.807, 2.05) is 13.0 Å². The van der Waals surface area contributed by atoms with E-state index in [2.05, 4.69) is 32.4 Å². The normalized spacial score (nSPS) is 24.0. The van der Waals surface area contributed by atoms with Crippen molar-refractivity contribution in [1.82, 2.24) is 15.3 Å². The first-order chi connectivity index (χ1) is 11.6. The maximum Gasteiger partial charge on any atom is 0.231 e. The third-order valence-electron chi connectivity index (χ3n) is 4.56. The molecule has 0 aliphatic carbocycles. The first-order valence-electron chi connectivity index (χ1n) is 8.87. The summed E-state index contributed by atoms with van der Waals surface area (Å²) in [5, 5.41) is 6.86. The van der Waals surface area contributed by atoms with Gasteiger partial charge in [0, 0.05) is 38.0 Å². The molecule has 3 heterocycles. The van der Waals surface area contributed by atoms with E-state index in [9.17, 15) is 0 Å². The van der Waals surface area contributed by atoms with E-state index >= 15 is 0 Å². The Balaban J connectivity index is 1.59. The lowest BCUT2D eigenvalue weighted by molar-refractivity contribution is 0.114. The van der Waals surface area contributed by atoms with Gasteiger partial charge < -0.3 is 20.3 Å². The van der Waals surface area contributed by atoms with Crippen molar-refractivity contribution in [3.8, 4) is 0 Å². The van der Waals surface area contributed by atoms with E-state index in [0.29, 0.717) is 17.0 Å². The summed E-state index contributed by atoms with van der Waals surface area (Å²) in [5.41, 5.74) is 0.947. The Morgan fingerprint density at radius 2 is 2.25 bits per heavy atom. The first kappa shape index (κ1) is 17.4. The minimum atomic E-state index is 0.258. The number of nitrogens with zero attached hydrogens (tertiary/aromatic N) is 3. The number of anilines is 2. The molecule has 2 atom stereocenters. The van der Waals surface area contributed by atoms with Gasteiger partial charge in [0.05, 0.1) is 6.10 Å². The van der Waals surface area contributed by atoms with Gasteiger partial charge in [-0.3, -0.25) is 0 Å². The first-order valence-corrected chi connectivity index (χ1v) is 9.28. The number of nitrogens with one attached hydrogen (secondary N) is 2. The zero-order chi connectivity index (χ0) is 16.9. The second-order valence-corrected chi connectivity index (χ2v) is 7.26. The Kier molecular flexibility index (Phi) is 5.84. The molecule has 1 aromatic heterocycles. The smallest absolute Gasteiger partial charge is 0.231 e. The highest BCUT2D eigenvalue weighted by atomic mass is 32.1. The molecule has 3 rings (SSSR count). The molecule has 0 aromatic carbocycles. The standard InChI is InChI=1S/C17H27N5OS/c1-12-5-3-7-22(11-12)15-9-13(2)19-16(20-15)21-17(24)18-10-14-6-4-8-23-14/h9,12,14H,3-8,10-11H2,1-2H3,(H2,18,19,20,21,24). The molecule has 7 heteroatoms. The molecule has 0 spiro atoms. The lowest BCUT2D eigenvalue weighted by Crippen LogP contribution is -2.36. The summed E-state index contributed by atoms with van der Waals surface area (Å²) in [6.45, 7) is 7.98. The minimum absolute atomic E-state index is 0.258. The highest BCUT2D eigenvalue weighted by Crippen LogP contribution is 2.22. The molecule has 2 aliphatic heterocycles. The van der Waals surface area contributed by atoms with Gasteiger partial charge in [0.15, 0.2) is 5.11 Å². The lowest BCUT2D eigenvalue weighted by Gasteiger charge is -2.32. The van der Waals surface area contributed by atoms with E-state index in [1.54, 1.807) is 0 Å². The predicted octanol–water partition coefficient (Wildman–Crippen LogP) is 2.49. The molecule has 2 unspecified atom stereocenters. The van der Waals surface area contributed by atoms with E-state index < -0.39 is 0 Å². The largest absolute Gasteiger partial charge is 0.376 e. The van der Waals surface area contributed by atoms with Crippen LogP contribution in [-0.2, 0) is 4.74 Å². The van der Waals surface area contributed by atoms with Crippen LogP contribution in [0.25, 0.3) is 0 Å². The third-order valence-corrected chi connectivity index (χ3v) is 4.81. The zero-order valence-electron chi connectivity index (χ0n) is 14.5. The molecule has 6 nitrogen and oxygen atoms in total. The number of thiocarbonyl (C=S) groups is 1. The fraction of sp³-hybridized carbons (Fsp3) is 0.706. The average Bonchev–Trinajstić information content (AvgIpc) is 3.06. The quantitative estimate of drug-likeness (QED) is 0.810. The van der Waals surface area contributed by atoms with Crippen molar-refractivity contribution in [1.29, 1.82) is 0 Å². The summed E-state index contributed by atoms with van der Waals surface area (Å²) in [6.07, 6.45) is 4.99. The van der Waals surface area contributed by atoms with Crippen molar-refractivity contribution in [3.63, 3.8) is 0 Å². The maximum absolute atomic E-state index is 5.59. The van der Waals surface area contributed by atoms with Crippen LogP contribution in [0.4, 0.5) is 11.8 Å². The summed E-state index contributed by atoms with van der Waals surface area (Å²) in [4.78, 5) is 11.5. The third kappa shape index (κ3) is 4.77. The van der Waals surface area contributed by atoms with Crippen molar-refractivity contribution in [3.05, 3.63) is 11.8 Å².